The van der Waals surface area contributed by atoms with Gasteiger partial charge in [0, 0.05) is 18.7 Å². The molecule has 0 unspecified atom stereocenters. The third kappa shape index (κ3) is 5.32. The Morgan fingerprint density at radius 3 is 2.36 bits per heavy atom. The van der Waals surface area contributed by atoms with Gasteiger partial charge < -0.3 is 9.47 Å². The molecule has 25 heavy (non-hydrogen) atoms. The van der Waals surface area contributed by atoms with Crippen LogP contribution in [0.5, 0.6) is 5.75 Å². The second-order valence-corrected chi connectivity index (χ2v) is 6.93. The first-order valence-electron chi connectivity index (χ1n) is 9.37. The van der Waals surface area contributed by atoms with Crippen LogP contribution in [0.15, 0.2) is 54.6 Å². The minimum Gasteiger partial charge on any atom is -0.493 e. The number of nitrogens with zero attached hydrogens (tertiary/aromatic N) is 1. The van der Waals surface area contributed by atoms with Crippen LogP contribution in [0.1, 0.15) is 26.7 Å². The maximum atomic E-state index is 6.08. The van der Waals surface area contributed by atoms with E-state index in [4.69, 9.17) is 9.47 Å². The van der Waals surface area contributed by atoms with Crippen molar-refractivity contribution in [3.05, 3.63) is 54.6 Å². The molecule has 0 amide bonds. The summed E-state index contributed by atoms with van der Waals surface area (Å²) in [6.45, 7) is 8.30. The molecule has 0 N–H and O–H groups in total. The first-order valence-corrected chi connectivity index (χ1v) is 9.37. The van der Waals surface area contributed by atoms with Crippen LogP contribution in [0.25, 0.3) is 11.1 Å². The molecule has 1 heterocycles. The van der Waals surface area contributed by atoms with E-state index in [9.17, 15) is 0 Å². The molecule has 1 aliphatic heterocycles. The lowest BCUT2D eigenvalue weighted by Crippen LogP contribution is -2.45. The van der Waals surface area contributed by atoms with Crippen molar-refractivity contribution < 1.29 is 9.47 Å². The zero-order valence-electron chi connectivity index (χ0n) is 15.4. The lowest BCUT2D eigenvalue weighted by molar-refractivity contribution is -0.0682. The molecule has 1 aliphatic rings. The molecular formula is C22H29NO2. The highest BCUT2D eigenvalue weighted by molar-refractivity contribution is 5.70. The average molecular weight is 339 g/mol. The quantitative estimate of drug-likeness (QED) is 0.687. The molecule has 0 spiro atoms. The highest BCUT2D eigenvalue weighted by Crippen LogP contribution is 2.29. The Hall–Kier alpha value is -1.84. The van der Waals surface area contributed by atoms with E-state index in [0.717, 1.165) is 44.8 Å². The second kappa shape index (κ2) is 9.02. The van der Waals surface area contributed by atoms with Crippen LogP contribution in [0, 0.1) is 0 Å². The predicted molar refractivity (Wildman–Crippen MR) is 103 cm³/mol. The smallest absolute Gasteiger partial charge is 0.127 e. The van der Waals surface area contributed by atoms with Crippen molar-refractivity contribution in [1.82, 2.24) is 4.90 Å². The van der Waals surface area contributed by atoms with E-state index in [0.29, 0.717) is 12.2 Å². The van der Waals surface area contributed by atoms with Gasteiger partial charge in [0.2, 0.25) is 0 Å². The maximum absolute atomic E-state index is 6.08. The lowest BCUT2D eigenvalue weighted by Gasteiger charge is -2.35. The minimum atomic E-state index is 0.345. The largest absolute Gasteiger partial charge is 0.493 e. The van der Waals surface area contributed by atoms with Crippen molar-refractivity contribution in [2.45, 2.75) is 38.9 Å². The summed E-state index contributed by atoms with van der Waals surface area (Å²) in [4.78, 5) is 2.51. The molecule has 0 bridgehead atoms. The van der Waals surface area contributed by atoms with Crippen molar-refractivity contribution >= 4 is 0 Å². The topological polar surface area (TPSA) is 21.7 Å². The van der Waals surface area contributed by atoms with Gasteiger partial charge in [-0.25, -0.2) is 0 Å². The van der Waals surface area contributed by atoms with Gasteiger partial charge in [-0.3, -0.25) is 4.90 Å². The van der Waals surface area contributed by atoms with Gasteiger partial charge in [0.05, 0.1) is 18.8 Å². The third-order valence-electron chi connectivity index (χ3n) is 4.59. The zero-order chi connectivity index (χ0) is 17.5. The molecule has 0 radical (unpaired) electrons. The maximum Gasteiger partial charge on any atom is 0.127 e. The van der Waals surface area contributed by atoms with Gasteiger partial charge in [-0.1, -0.05) is 48.5 Å². The van der Waals surface area contributed by atoms with E-state index in [-0.39, 0.29) is 0 Å². The van der Waals surface area contributed by atoms with Gasteiger partial charge in [-0.05, 0) is 44.9 Å². The number of benzene rings is 2. The summed E-state index contributed by atoms with van der Waals surface area (Å²) < 4.78 is 11.9. The van der Waals surface area contributed by atoms with Crippen molar-refractivity contribution in [2.24, 2.45) is 0 Å². The third-order valence-corrected chi connectivity index (χ3v) is 4.59. The summed E-state index contributed by atoms with van der Waals surface area (Å²) in [6.07, 6.45) is 2.92. The normalized spacial score (nSPS) is 21.2. The Labute approximate surface area is 151 Å². The fraction of sp³-hybridized carbons (Fsp3) is 0.455. The monoisotopic (exact) mass is 339 g/mol. The molecule has 2 atom stereocenters. The molecule has 134 valence electrons. The van der Waals surface area contributed by atoms with Crippen LogP contribution < -0.4 is 4.74 Å². The Kier molecular flexibility index (Phi) is 6.48. The lowest BCUT2D eigenvalue weighted by atomic mass is 10.1. The van der Waals surface area contributed by atoms with Gasteiger partial charge in [-0.2, -0.15) is 0 Å². The summed E-state index contributed by atoms with van der Waals surface area (Å²) in [7, 11) is 0. The van der Waals surface area contributed by atoms with Gasteiger partial charge in [0.25, 0.3) is 0 Å². The van der Waals surface area contributed by atoms with Gasteiger partial charge in [-0.15, -0.1) is 0 Å². The summed E-state index contributed by atoms with van der Waals surface area (Å²) in [5.74, 6) is 0.974. The fourth-order valence-electron chi connectivity index (χ4n) is 3.54. The summed E-state index contributed by atoms with van der Waals surface area (Å²) in [5.41, 5.74) is 2.37. The number of morpholine rings is 1. The Morgan fingerprint density at radius 1 is 0.920 bits per heavy atom. The molecule has 3 heteroatoms. The molecule has 2 aromatic carbocycles. The van der Waals surface area contributed by atoms with E-state index in [1.165, 1.54) is 11.1 Å². The van der Waals surface area contributed by atoms with Crippen molar-refractivity contribution in [1.29, 1.82) is 0 Å². The first-order chi connectivity index (χ1) is 12.2. The van der Waals surface area contributed by atoms with Crippen LogP contribution in [-0.2, 0) is 4.74 Å². The van der Waals surface area contributed by atoms with Crippen molar-refractivity contribution in [2.75, 3.05) is 26.2 Å². The highest BCUT2D eigenvalue weighted by Gasteiger charge is 2.21. The van der Waals surface area contributed by atoms with Crippen LogP contribution >= 0.6 is 0 Å². The van der Waals surface area contributed by atoms with Gasteiger partial charge in [0.1, 0.15) is 5.75 Å². The van der Waals surface area contributed by atoms with Gasteiger partial charge in [0.15, 0.2) is 0 Å². The molecule has 1 fully saturated rings. The molecule has 3 rings (SSSR count). The van der Waals surface area contributed by atoms with Crippen molar-refractivity contribution in [3.63, 3.8) is 0 Å². The molecule has 2 aromatic rings. The minimum absolute atomic E-state index is 0.345. The van der Waals surface area contributed by atoms with E-state index < -0.39 is 0 Å². The Bertz CT molecular complexity index is 633. The predicted octanol–water partition coefficient (Wildman–Crippen LogP) is 4.62. The van der Waals surface area contributed by atoms with E-state index in [1.807, 2.05) is 12.1 Å². The summed E-state index contributed by atoms with van der Waals surface area (Å²) in [5, 5.41) is 0. The summed E-state index contributed by atoms with van der Waals surface area (Å²) in [6, 6.07) is 18.7. The fourth-order valence-corrected chi connectivity index (χ4v) is 3.54. The van der Waals surface area contributed by atoms with Crippen LogP contribution in [0.3, 0.4) is 0 Å². The van der Waals surface area contributed by atoms with Crippen LogP contribution in [0.4, 0.5) is 0 Å². The van der Waals surface area contributed by atoms with E-state index in [1.54, 1.807) is 0 Å². The Morgan fingerprint density at radius 2 is 1.60 bits per heavy atom. The van der Waals surface area contributed by atoms with Gasteiger partial charge >= 0.3 is 0 Å². The number of para-hydroxylation sites is 1. The zero-order valence-corrected chi connectivity index (χ0v) is 15.4. The average Bonchev–Trinajstić information content (AvgIpc) is 2.62. The molecule has 0 aliphatic carbocycles. The second-order valence-electron chi connectivity index (χ2n) is 6.93. The summed E-state index contributed by atoms with van der Waals surface area (Å²) >= 11 is 0. The molecular weight excluding hydrogens is 310 g/mol. The van der Waals surface area contributed by atoms with E-state index in [2.05, 4.69) is 61.2 Å². The highest BCUT2D eigenvalue weighted by atomic mass is 16.5. The number of unbranched alkanes of at least 4 members (excludes halogenated alkanes) is 1. The standard InChI is InChI=1S/C22H29NO2/c1-18-16-23(17-19(2)25-18)14-8-9-15-24-22-13-7-6-12-21(22)20-10-4-3-5-11-20/h3-7,10-13,18-19H,8-9,14-17H2,1-2H3/t18-,19-/m1/s1. The van der Waals surface area contributed by atoms with Crippen LogP contribution in [-0.4, -0.2) is 43.3 Å². The molecule has 0 saturated carbocycles. The molecule has 3 nitrogen and oxygen atoms in total. The van der Waals surface area contributed by atoms with Crippen LogP contribution in [0.2, 0.25) is 0 Å². The number of ether oxygens (including phenoxy) is 2. The van der Waals surface area contributed by atoms with E-state index >= 15 is 0 Å². The molecule has 1 saturated heterocycles. The first kappa shape index (κ1) is 18.0. The number of hydrogen-bond donors (Lipinski definition) is 0. The number of hydrogen-bond acceptors (Lipinski definition) is 3. The molecule has 0 aromatic heterocycles. The van der Waals surface area contributed by atoms with Crippen molar-refractivity contribution in [3.8, 4) is 16.9 Å². The Balaban J connectivity index is 1.45. The SMILES string of the molecule is C[C@@H]1CN(CCCCOc2ccccc2-c2ccccc2)C[C@@H](C)O1. The number of rotatable bonds is 7.